The van der Waals surface area contributed by atoms with Crippen LogP contribution in [0.3, 0.4) is 0 Å². The summed E-state index contributed by atoms with van der Waals surface area (Å²) in [5.41, 5.74) is 0.703. The topological polar surface area (TPSA) is 104 Å². The number of carbonyl (C=O) groups is 3. The van der Waals surface area contributed by atoms with E-state index in [-0.39, 0.29) is 17.0 Å². The van der Waals surface area contributed by atoms with Crippen molar-refractivity contribution >= 4 is 23.3 Å². The molecule has 30 heavy (non-hydrogen) atoms. The molecule has 2 heterocycles. The lowest BCUT2D eigenvalue weighted by Gasteiger charge is -2.18. The highest BCUT2D eigenvalue weighted by Crippen LogP contribution is 2.31. The van der Waals surface area contributed by atoms with E-state index in [9.17, 15) is 14.4 Å². The molecular formula is C22H17NO7. The fourth-order valence-electron chi connectivity index (χ4n) is 2.87. The quantitative estimate of drug-likeness (QED) is 0.494. The Morgan fingerprint density at radius 3 is 2.53 bits per heavy atom. The molecule has 8 nitrogen and oxygen atoms in total. The van der Waals surface area contributed by atoms with Crippen molar-refractivity contribution in [2.24, 2.45) is 0 Å². The van der Waals surface area contributed by atoms with E-state index >= 15 is 0 Å². The number of carbonyl (C=O) groups excluding carboxylic acids is 3. The molecule has 0 radical (unpaired) electrons. The van der Waals surface area contributed by atoms with Crippen molar-refractivity contribution in [3.8, 4) is 11.5 Å². The molecular weight excluding hydrogens is 390 g/mol. The summed E-state index contributed by atoms with van der Waals surface area (Å²) in [5, 5.41) is 2.60. The molecule has 2 aromatic carbocycles. The third-order valence-electron chi connectivity index (χ3n) is 4.34. The van der Waals surface area contributed by atoms with Gasteiger partial charge in [0.1, 0.15) is 13.2 Å². The molecule has 152 valence electrons. The number of para-hydroxylation sites is 1. The lowest BCUT2D eigenvalue weighted by atomic mass is 10.1. The number of anilines is 1. The van der Waals surface area contributed by atoms with Gasteiger partial charge in [-0.15, -0.1) is 0 Å². The number of benzene rings is 2. The summed E-state index contributed by atoms with van der Waals surface area (Å²) < 4.78 is 21.1. The number of furan rings is 1. The molecule has 1 N–H and O–H groups in total. The van der Waals surface area contributed by atoms with Gasteiger partial charge in [0.05, 0.1) is 17.5 Å². The summed E-state index contributed by atoms with van der Waals surface area (Å²) >= 11 is 0. The van der Waals surface area contributed by atoms with Crippen LogP contribution in [0.4, 0.5) is 5.69 Å². The fraction of sp³-hybridized carbons (Fsp3) is 0.136. The Morgan fingerprint density at radius 1 is 0.933 bits per heavy atom. The normalized spacial score (nSPS) is 12.1. The molecule has 8 heteroatoms. The standard InChI is InChI=1S/C22H17NO7/c24-17(14-7-8-18-20(12-14)29-11-10-28-18)13-30-22(26)15-4-1-2-5-16(15)23-21(25)19-6-3-9-27-19/h1-9,12H,10-11,13H2,(H,23,25). The highest BCUT2D eigenvalue weighted by atomic mass is 16.6. The van der Waals surface area contributed by atoms with Crippen LogP contribution in [0.5, 0.6) is 11.5 Å². The van der Waals surface area contributed by atoms with E-state index in [1.165, 1.54) is 18.4 Å². The maximum Gasteiger partial charge on any atom is 0.340 e. The molecule has 3 aromatic rings. The van der Waals surface area contributed by atoms with E-state index in [0.717, 1.165) is 0 Å². The van der Waals surface area contributed by atoms with Crippen LogP contribution in [-0.2, 0) is 4.74 Å². The summed E-state index contributed by atoms with van der Waals surface area (Å²) in [6.45, 7) is 0.396. The summed E-state index contributed by atoms with van der Waals surface area (Å²) in [4.78, 5) is 37.1. The Balaban J connectivity index is 1.42. The van der Waals surface area contributed by atoms with Crippen molar-refractivity contribution < 1.29 is 33.0 Å². The van der Waals surface area contributed by atoms with Crippen molar-refractivity contribution in [3.63, 3.8) is 0 Å². The Kier molecular flexibility index (Phi) is 5.47. The molecule has 1 amide bonds. The number of hydrogen-bond acceptors (Lipinski definition) is 7. The number of rotatable bonds is 6. The van der Waals surface area contributed by atoms with Crippen molar-refractivity contribution in [2.45, 2.75) is 0 Å². The molecule has 1 aliphatic rings. The molecule has 0 bridgehead atoms. The Morgan fingerprint density at radius 2 is 1.73 bits per heavy atom. The average molecular weight is 407 g/mol. The van der Waals surface area contributed by atoms with Crippen LogP contribution in [0.1, 0.15) is 31.3 Å². The zero-order chi connectivity index (χ0) is 20.9. The highest BCUT2D eigenvalue weighted by molar-refractivity contribution is 6.07. The summed E-state index contributed by atoms with van der Waals surface area (Å²) in [6.07, 6.45) is 1.37. The minimum absolute atomic E-state index is 0.104. The minimum Gasteiger partial charge on any atom is -0.486 e. The lowest BCUT2D eigenvalue weighted by Crippen LogP contribution is -2.19. The summed E-state index contributed by atoms with van der Waals surface area (Å²) in [5.74, 6) is -0.492. The largest absolute Gasteiger partial charge is 0.486 e. The molecule has 0 saturated heterocycles. The smallest absolute Gasteiger partial charge is 0.340 e. The van der Waals surface area contributed by atoms with Crippen molar-refractivity contribution in [3.05, 3.63) is 77.7 Å². The zero-order valence-corrected chi connectivity index (χ0v) is 15.8. The number of esters is 1. The first-order valence-electron chi connectivity index (χ1n) is 9.15. The Bertz CT molecular complexity index is 1090. The predicted molar refractivity (Wildman–Crippen MR) is 105 cm³/mol. The molecule has 0 saturated carbocycles. The maximum absolute atomic E-state index is 12.5. The number of hydrogen-bond donors (Lipinski definition) is 1. The molecule has 1 aromatic heterocycles. The second-order valence-electron chi connectivity index (χ2n) is 6.33. The average Bonchev–Trinajstić information content (AvgIpc) is 3.32. The summed E-state index contributed by atoms with van der Waals surface area (Å²) in [7, 11) is 0. The third kappa shape index (κ3) is 4.17. The van der Waals surface area contributed by atoms with Crippen LogP contribution in [0.15, 0.2) is 65.3 Å². The van der Waals surface area contributed by atoms with Crippen LogP contribution in [-0.4, -0.2) is 37.5 Å². The van der Waals surface area contributed by atoms with Gasteiger partial charge in [-0.1, -0.05) is 12.1 Å². The van der Waals surface area contributed by atoms with Crippen LogP contribution in [0, 0.1) is 0 Å². The van der Waals surface area contributed by atoms with Gasteiger partial charge in [0, 0.05) is 5.56 Å². The molecule has 0 unspecified atom stereocenters. The number of ether oxygens (including phenoxy) is 3. The van der Waals surface area contributed by atoms with Crippen LogP contribution in [0.25, 0.3) is 0 Å². The fourth-order valence-corrected chi connectivity index (χ4v) is 2.87. The van der Waals surface area contributed by atoms with Crippen molar-refractivity contribution in [2.75, 3.05) is 25.1 Å². The molecule has 0 atom stereocenters. The van der Waals surface area contributed by atoms with Crippen molar-refractivity contribution in [1.29, 1.82) is 0 Å². The van der Waals surface area contributed by atoms with Gasteiger partial charge >= 0.3 is 5.97 Å². The molecule has 0 fully saturated rings. The summed E-state index contributed by atoms with van der Waals surface area (Å²) in [6, 6.07) is 14.2. The van der Waals surface area contributed by atoms with Gasteiger partial charge in [-0.3, -0.25) is 9.59 Å². The minimum atomic E-state index is -0.740. The second-order valence-corrected chi connectivity index (χ2v) is 6.33. The maximum atomic E-state index is 12.5. The second kappa shape index (κ2) is 8.52. The number of nitrogens with one attached hydrogen (secondary N) is 1. The lowest BCUT2D eigenvalue weighted by molar-refractivity contribution is 0.0475. The van der Waals surface area contributed by atoms with E-state index in [1.807, 2.05) is 0 Å². The van der Waals surface area contributed by atoms with E-state index in [4.69, 9.17) is 18.6 Å². The highest BCUT2D eigenvalue weighted by Gasteiger charge is 2.19. The van der Waals surface area contributed by atoms with E-state index in [1.54, 1.807) is 42.5 Å². The molecule has 4 rings (SSSR count). The number of fused-ring (bicyclic) bond motifs is 1. The van der Waals surface area contributed by atoms with Crippen molar-refractivity contribution in [1.82, 2.24) is 0 Å². The van der Waals surface area contributed by atoms with E-state index in [0.29, 0.717) is 30.3 Å². The van der Waals surface area contributed by atoms with Crippen LogP contribution in [0.2, 0.25) is 0 Å². The zero-order valence-electron chi connectivity index (χ0n) is 15.8. The molecule has 0 aliphatic carbocycles. The van der Waals surface area contributed by atoms with Gasteiger partial charge < -0.3 is 23.9 Å². The first kappa shape index (κ1) is 19.3. The predicted octanol–water partition coefficient (Wildman–Crippen LogP) is 3.34. The first-order valence-corrected chi connectivity index (χ1v) is 9.15. The van der Waals surface area contributed by atoms with Gasteiger partial charge in [-0.25, -0.2) is 4.79 Å². The van der Waals surface area contributed by atoms with Crippen LogP contribution >= 0.6 is 0 Å². The van der Waals surface area contributed by atoms with Gasteiger partial charge in [0.25, 0.3) is 5.91 Å². The van der Waals surface area contributed by atoms with Gasteiger partial charge in [0.15, 0.2) is 29.6 Å². The van der Waals surface area contributed by atoms with E-state index in [2.05, 4.69) is 5.32 Å². The monoisotopic (exact) mass is 407 g/mol. The van der Waals surface area contributed by atoms with Crippen LogP contribution < -0.4 is 14.8 Å². The molecule has 1 aliphatic heterocycles. The van der Waals surface area contributed by atoms with Gasteiger partial charge in [-0.05, 0) is 42.5 Å². The van der Waals surface area contributed by atoms with Gasteiger partial charge in [0.2, 0.25) is 0 Å². The first-order chi connectivity index (χ1) is 14.6. The molecule has 0 spiro atoms. The van der Waals surface area contributed by atoms with E-state index < -0.39 is 24.3 Å². The number of Topliss-reactive ketones (excluding diaryl/α,β-unsaturated/α-hetero) is 1. The Labute approximate surface area is 171 Å². The SMILES string of the molecule is O=C(COC(=O)c1ccccc1NC(=O)c1ccco1)c1ccc2c(c1)OCCO2. The Hall–Kier alpha value is -4.07. The third-order valence-corrected chi connectivity index (χ3v) is 4.34. The number of ketones is 1. The van der Waals surface area contributed by atoms with Gasteiger partial charge in [-0.2, -0.15) is 0 Å². The number of amides is 1.